The summed E-state index contributed by atoms with van der Waals surface area (Å²) in [5, 5.41) is 5.24. The number of nitrogens with two attached hydrogens (primary N) is 1. The van der Waals surface area contributed by atoms with Crippen molar-refractivity contribution in [1.82, 2.24) is 5.32 Å². The number of hydrogen-bond donors (Lipinski definition) is 2. The zero-order valence-corrected chi connectivity index (χ0v) is 8.49. The van der Waals surface area contributed by atoms with E-state index < -0.39 is 0 Å². The standard InChI is InChI=1S/C9H14N2OS/c1-7-3-5-13-8(7)6-11-4-2-9(10)12/h3,5,11H,2,4,6H2,1H3,(H2,10,12). The smallest absolute Gasteiger partial charge is 0.218 e. The largest absolute Gasteiger partial charge is 0.370 e. The van der Waals surface area contributed by atoms with Crippen LogP contribution in [0.4, 0.5) is 0 Å². The molecule has 1 rings (SSSR count). The Hall–Kier alpha value is -0.870. The van der Waals surface area contributed by atoms with Crippen LogP contribution in [0, 0.1) is 6.92 Å². The molecule has 0 aliphatic rings. The topological polar surface area (TPSA) is 55.1 Å². The van der Waals surface area contributed by atoms with Crippen molar-refractivity contribution in [1.29, 1.82) is 0 Å². The van der Waals surface area contributed by atoms with E-state index in [1.807, 2.05) is 0 Å². The highest BCUT2D eigenvalue weighted by Crippen LogP contribution is 2.14. The fourth-order valence-electron chi connectivity index (χ4n) is 0.999. The Morgan fingerprint density at radius 1 is 1.69 bits per heavy atom. The van der Waals surface area contributed by atoms with E-state index in [1.165, 1.54) is 10.4 Å². The van der Waals surface area contributed by atoms with Gasteiger partial charge >= 0.3 is 0 Å². The lowest BCUT2D eigenvalue weighted by Gasteiger charge is -2.01. The number of aryl methyl sites for hydroxylation is 1. The lowest BCUT2D eigenvalue weighted by atomic mass is 10.3. The third kappa shape index (κ3) is 3.57. The summed E-state index contributed by atoms with van der Waals surface area (Å²) in [6, 6.07) is 2.09. The predicted octanol–water partition coefficient (Wildman–Crippen LogP) is 1.02. The number of hydrogen-bond acceptors (Lipinski definition) is 3. The molecule has 3 nitrogen and oxygen atoms in total. The lowest BCUT2D eigenvalue weighted by Crippen LogP contribution is -2.21. The van der Waals surface area contributed by atoms with Crippen molar-refractivity contribution in [2.24, 2.45) is 5.73 Å². The summed E-state index contributed by atoms with van der Waals surface area (Å²) in [4.78, 5) is 11.7. The van der Waals surface area contributed by atoms with Gasteiger partial charge in [-0.15, -0.1) is 11.3 Å². The molecule has 0 saturated carbocycles. The summed E-state index contributed by atoms with van der Waals surface area (Å²) in [5.74, 6) is -0.254. The number of nitrogens with one attached hydrogen (secondary N) is 1. The van der Waals surface area contributed by atoms with Gasteiger partial charge in [0.15, 0.2) is 0 Å². The van der Waals surface area contributed by atoms with Crippen LogP contribution in [0.5, 0.6) is 0 Å². The van der Waals surface area contributed by atoms with Crippen molar-refractivity contribution in [2.45, 2.75) is 19.9 Å². The molecule has 1 aromatic heterocycles. The minimum absolute atomic E-state index is 0.254. The van der Waals surface area contributed by atoms with E-state index in [0.29, 0.717) is 13.0 Å². The van der Waals surface area contributed by atoms with Crippen LogP contribution in [0.15, 0.2) is 11.4 Å². The molecule has 0 aromatic carbocycles. The van der Waals surface area contributed by atoms with Crippen molar-refractivity contribution in [3.8, 4) is 0 Å². The van der Waals surface area contributed by atoms with Crippen LogP contribution in [0.3, 0.4) is 0 Å². The molecule has 0 saturated heterocycles. The van der Waals surface area contributed by atoms with Gasteiger partial charge in [0.1, 0.15) is 0 Å². The van der Waals surface area contributed by atoms with Crippen LogP contribution < -0.4 is 11.1 Å². The molecule has 0 aliphatic heterocycles. The second-order valence-corrected chi connectivity index (χ2v) is 3.92. The van der Waals surface area contributed by atoms with E-state index in [4.69, 9.17) is 5.73 Å². The van der Waals surface area contributed by atoms with Gasteiger partial charge in [0.2, 0.25) is 5.91 Å². The zero-order chi connectivity index (χ0) is 9.68. The van der Waals surface area contributed by atoms with E-state index in [-0.39, 0.29) is 5.91 Å². The molecule has 3 N–H and O–H groups in total. The Bertz CT molecular complexity index is 283. The summed E-state index contributed by atoms with van der Waals surface area (Å²) < 4.78 is 0. The van der Waals surface area contributed by atoms with Gasteiger partial charge in [-0.1, -0.05) is 0 Å². The first-order valence-electron chi connectivity index (χ1n) is 4.22. The van der Waals surface area contributed by atoms with Crippen molar-refractivity contribution in [2.75, 3.05) is 6.54 Å². The maximum Gasteiger partial charge on any atom is 0.218 e. The molecule has 72 valence electrons. The van der Waals surface area contributed by atoms with Crippen LogP contribution >= 0.6 is 11.3 Å². The highest BCUT2D eigenvalue weighted by atomic mass is 32.1. The highest BCUT2D eigenvalue weighted by molar-refractivity contribution is 7.10. The fraction of sp³-hybridized carbons (Fsp3) is 0.444. The highest BCUT2D eigenvalue weighted by Gasteiger charge is 1.99. The monoisotopic (exact) mass is 198 g/mol. The fourth-order valence-corrected chi connectivity index (χ4v) is 1.87. The van der Waals surface area contributed by atoms with Crippen LogP contribution in [0.25, 0.3) is 0 Å². The number of amides is 1. The number of primary amides is 1. The first-order valence-corrected chi connectivity index (χ1v) is 5.10. The van der Waals surface area contributed by atoms with Crippen LogP contribution in [-0.2, 0) is 11.3 Å². The molecule has 0 radical (unpaired) electrons. The van der Waals surface area contributed by atoms with E-state index >= 15 is 0 Å². The Labute approximate surface area is 81.9 Å². The molecule has 4 heteroatoms. The van der Waals surface area contributed by atoms with Crippen molar-refractivity contribution < 1.29 is 4.79 Å². The molecular formula is C9H14N2OS. The van der Waals surface area contributed by atoms with Crippen molar-refractivity contribution in [3.63, 3.8) is 0 Å². The number of carbonyl (C=O) groups excluding carboxylic acids is 1. The lowest BCUT2D eigenvalue weighted by molar-refractivity contribution is -0.117. The first-order chi connectivity index (χ1) is 6.20. The minimum atomic E-state index is -0.254. The summed E-state index contributed by atoms with van der Waals surface area (Å²) >= 11 is 1.73. The molecule has 1 heterocycles. The molecular weight excluding hydrogens is 184 g/mol. The Morgan fingerprint density at radius 3 is 3.00 bits per heavy atom. The maximum atomic E-state index is 10.4. The van der Waals surface area contributed by atoms with E-state index in [2.05, 4.69) is 23.7 Å². The van der Waals surface area contributed by atoms with Gasteiger partial charge in [0, 0.05) is 24.4 Å². The van der Waals surface area contributed by atoms with Gasteiger partial charge in [-0.25, -0.2) is 0 Å². The van der Waals surface area contributed by atoms with Gasteiger partial charge in [0.05, 0.1) is 0 Å². The third-order valence-electron chi connectivity index (χ3n) is 1.80. The van der Waals surface area contributed by atoms with Crippen LogP contribution in [0.2, 0.25) is 0 Å². The molecule has 0 unspecified atom stereocenters. The zero-order valence-electron chi connectivity index (χ0n) is 7.67. The van der Waals surface area contributed by atoms with Crippen LogP contribution in [0.1, 0.15) is 16.9 Å². The average Bonchev–Trinajstić information content (AvgIpc) is 2.45. The van der Waals surface area contributed by atoms with Crippen LogP contribution in [-0.4, -0.2) is 12.5 Å². The molecule has 1 amide bonds. The first kappa shape index (κ1) is 10.2. The molecule has 0 aliphatic carbocycles. The van der Waals surface area contributed by atoms with E-state index in [1.54, 1.807) is 11.3 Å². The van der Waals surface area contributed by atoms with Gasteiger partial charge < -0.3 is 11.1 Å². The number of rotatable bonds is 5. The summed E-state index contributed by atoms with van der Waals surface area (Å²) in [6.07, 6.45) is 0.407. The molecule has 0 fully saturated rings. The third-order valence-corrected chi connectivity index (χ3v) is 2.82. The molecule has 0 atom stereocenters. The predicted molar refractivity (Wildman–Crippen MR) is 54.6 cm³/mol. The van der Waals surface area contributed by atoms with Gasteiger partial charge in [-0.05, 0) is 23.9 Å². The summed E-state index contributed by atoms with van der Waals surface area (Å²) in [6.45, 7) is 3.57. The number of carbonyl (C=O) groups is 1. The molecule has 0 bridgehead atoms. The normalized spacial score (nSPS) is 10.2. The number of thiophene rings is 1. The molecule has 0 spiro atoms. The average molecular weight is 198 g/mol. The van der Waals surface area contributed by atoms with Crippen molar-refractivity contribution >= 4 is 17.2 Å². The minimum Gasteiger partial charge on any atom is -0.370 e. The Balaban J connectivity index is 2.20. The Kier molecular flexibility index (Phi) is 3.92. The molecule has 1 aromatic rings. The molecule has 13 heavy (non-hydrogen) atoms. The van der Waals surface area contributed by atoms with E-state index in [0.717, 1.165) is 6.54 Å². The maximum absolute atomic E-state index is 10.4. The van der Waals surface area contributed by atoms with Gasteiger partial charge in [0.25, 0.3) is 0 Å². The Morgan fingerprint density at radius 2 is 2.46 bits per heavy atom. The summed E-state index contributed by atoms with van der Waals surface area (Å²) in [7, 11) is 0. The SMILES string of the molecule is Cc1ccsc1CNCCC(N)=O. The second kappa shape index (κ2) is 4.99. The second-order valence-electron chi connectivity index (χ2n) is 2.92. The van der Waals surface area contributed by atoms with Gasteiger partial charge in [-0.2, -0.15) is 0 Å². The van der Waals surface area contributed by atoms with Gasteiger partial charge in [-0.3, -0.25) is 4.79 Å². The quantitative estimate of drug-likeness (QED) is 0.694. The van der Waals surface area contributed by atoms with Crippen molar-refractivity contribution in [3.05, 3.63) is 21.9 Å². The summed E-state index contributed by atoms with van der Waals surface area (Å²) in [5.41, 5.74) is 6.31. The van der Waals surface area contributed by atoms with E-state index in [9.17, 15) is 4.79 Å².